The van der Waals surface area contributed by atoms with Crippen LogP contribution in [0.5, 0.6) is 0 Å². The third-order valence-electron chi connectivity index (χ3n) is 1.58. The van der Waals surface area contributed by atoms with Crippen molar-refractivity contribution in [2.75, 3.05) is 0 Å². The molecule has 11 heavy (non-hydrogen) atoms. The lowest BCUT2D eigenvalue weighted by atomic mass is 10.1. The van der Waals surface area contributed by atoms with Crippen molar-refractivity contribution in [2.45, 2.75) is 27.2 Å². The van der Waals surface area contributed by atoms with Gasteiger partial charge in [0, 0.05) is 0 Å². The van der Waals surface area contributed by atoms with Gasteiger partial charge in [0.25, 0.3) is 0 Å². The second-order valence-electron chi connectivity index (χ2n) is 2.58. The van der Waals surface area contributed by atoms with Crippen LogP contribution in [0.15, 0.2) is 35.7 Å². The van der Waals surface area contributed by atoms with Crippen LogP contribution in [0.4, 0.5) is 4.39 Å². The Balaban J connectivity index is 4.49. The summed E-state index contributed by atoms with van der Waals surface area (Å²) in [4.78, 5) is 0. The highest BCUT2D eigenvalue weighted by Crippen LogP contribution is 2.11. The van der Waals surface area contributed by atoms with E-state index in [4.69, 9.17) is 0 Å². The molecule has 0 N–H and O–H groups in total. The molecule has 0 spiro atoms. The molecule has 0 fully saturated rings. The molecule has 0 bridgehead atoms. The van der Waals surface area contributed by atoms with Crippen molar-refractivity contribution in [3.63, 3.8) is 0 Å². The van der Waals surface area contributed by atoms with Crippen molar-refractivity contribution in [1.29, 1.82) is 0 Å². The van der Waals surface area contributed by atoms with Gasteiger partial charge in [-0.25, -0.2) is 4.39 Å². The van der Waals surface area contributed by atoms with Gasteiger partial charge in [-0.05, 0) is 31.9 Å². The van der Waals surface area contributed by atoms with Crippen molar-refractivity contribution in [2.24, 2.45) is 0 Å². The maximum absolute atomic E-state index is 12.7. The van der Waals surface area contributed by atoms with E-state index < -0.39 is 0 Å². The van der Waals surface area contributed by atoms with Gasteiger partial charge < -0.3 is 0 Å². The first-order valence-electron chi connectivity index (χ1n) is 3.77. The van der Waals surface area contributed by atoms with Gasteiger partial charge in [-0.2, -0.15) is 0 Å². The second kappa shape index (κ2) is 4.89. The van der Waals surface area contributed by atoms with Crippen LogP contribution >= 0.6 is 0 Å². The van der Waals surface area contributed by atoms with Gasteiger partial charge in [-0.1, -0.05) is 25.2 Å². The fourth-order valence-corrected chi connectivity index (χ4v) is 0.702. The molecule has 0 atom stereocenters. The molecule has 0 rings (SSSR count). The highest BCUT2D eigenvalue weighted by molar-refractivity contribution is 5.28. The molecule has 0 amide bonds. The van der Waals surface area contributed by atoms with Crippen LogP contribution in [0, 0.1) is 0 Å². The Morgan fingerprint density at radius 1 is 1.45 bits per heavy atom. The predicted octanol–water partition coefficient (Wildman–Crippen LogP) is 3.77. The maximum atomic E-state index is 12.7. The summed E-state index contributed by atoms with van der Waals surface area (Å²) in [5, 5.41) is 0. The molecule has 0 aromatic rings. The second-order valence-corrected chi connectivity index (χ2v) is 2.58. The topological polar surface area (TPSA) is 0 Å². The minimum atomic E-state index is -0.238. The van der Waals surface area contributed by atoms with Crippen LogP contribution in [-0.4, -0.2) is 0 Å². The van der Waals surface area contributed by atoms with E-state index in [0.29, 0.717) is 5.57 Å². The van der Waals surface area contributed by atoms with Gasteiger partial charge in [0.05, 0.1) is 0 Å². The summed E-state index contributed by atoms with van der Waals surface area (Å²) in [6.07, 6.45) is 4.04. The molecule has 62 valence electrons. The standard InChI is InChI=1S/C10H15F/c1-5-8(3)7-9(4)10(11)6-2/h6-7H,2,5H2,1,3-4H3/b8-7+,10-9+. The zero-order valence-electron chi connectivity index (χ0n) is 7.45. The molecule has 0 saturated carbocycles. The Labute approximate surface area is 68.1 Å². The average Bonchev–Trinajstić information content (AvgIpc) is 2.02. The first kappa shape index (κ1) is 10.2. The summed E-state index contributed by atoms with van der Waals surface area (Å²) in [7, 11) is 0. The molecule has 0 nitrogen and oxygen atoms in total. The van der Waals surface area contributed by atoms with Gasteiger partial charge >= 0.3 is 0 Å². The van der Waals surface area contributed by atoms with Crippen LogP contribution in [-0.2, 0) is 0 Å². The lowest BCUT2D eigenvalue weighted by Gasteiger charge is -1.96. The smallest absolute Gasteiger partial charge is 0.125 e. The molecule has 0 unspecified atom stereocenters. The molecule has 0 radical (unpaired) electrons. The Bertz CT molecular complexity index is 197. The van der Waals surface area contributed by atoms with Gasteiger partial charge in [0.15, 0.2) is 0 Å². The number of rotatable bonds is 3. The third-order valence-corrected chi connectivity index (χ3v) is 1.58. The minimum Gasteiger partial charge on any atom is -0.207 e. The highest BCUT2D eigenvalue weighted by Gasteiger charge is 1.92. The largest absolute Gasteiger partial charge is 0.207 e. The van der Waals surface area contributed by atoms with Crippen molar-refractivity contribution in [3.05, 3.63) is 35.7 Å². The normalized spacial score (nSPS) is 14.4. The van der Waals surface area contributed by atoms with Crippen LogP contribution in [0.2, 0.25) is 0 Å². The Morgan fingerprint density at radius 3 is 2.36 bits per heavy atom. The Morgan fingerprint density at radius 2 is 2.00 bits per heavy atom. The van der Waals surface area contributed by atoms with Crippen molar-refractivity contribution < 1.29 is 4.39 Å². The molecule has 0 aliphatic rings. The van der Waals surface area contributed by atoms with Crippen LogP contribution in [0.3, 0.4) is 0 Å². The first-order valence-corrected chi connectivity index (χ1v) is 3.77. The van der Waals surface area contributed by atoms with Gasteiger partial charge in [-0.3, -0.25) is 0 Å². The number of hydrogen-bond acceptors (Lipinski definition) is 0. The summed E-state index contributed by atoms with van der Waals surface area (Å²) in [6, 6.07) is 0. The highest BCUT2D eigenvalue weighted by atomic mass is 19.1. The summed E-state index contributed by atoms with van der Waals surface area (Å²) in [6.45, 7) is 9.13. The monoisotopic (exact) mass is 154 g/mol. The van der Waals surface area contributed by atoms with Crippen LogP contribution in [0.1, 0.15) is 27.2 Å². The minimum absolute atomic E-state index is 0.238. The molecule has 0 aromatic carbocycles. The predicted molar refractivity (Wildman–Crippen MR) is 48.1 cm³/mol. The lowest BCUT2D eigenvalue weighted by Crippen LogP contribution is -1.77. The molecule has 0 aliphatic carbocycles. The zero-order chi connectivity index (χ0) is 8.85. The molecule has 0 saturated heterocycles. The van der Waals surface area contributed by atoms with E-state index in [9.17, 15) is 4.39 Å². The SMILES string of the molecule is C=C/C(F)=C(C)\C=C(/C)CC. The van der Waals surface area contributed by atoms with Crippen molar-refractivity contribution in [1.82, 2.24) is 0 Å². The quantitative estimate of drug-likeness (QED) is 0.543. The summed E-state index contributed by atoms with van der Waals surface area (Å²) in [5.41, 5.74) is 1.83. The van der Waals surface area contributed by atoms with E-state index in [1.165, 1.54) is 11.6 Å². The van der Waals surface area contributed by atoms with Gasteiger partial charge in [-0.15, -0.1) is 0 Å². The van der Waals surface area contributed by atoms with Crippen LogP contribution < -0.4 is 0 Å². The number of allylic oxidation sites excluding steroid dienone is 5. The first-order chi connectivity index (χ1) is 5.11. The van der Waals surface area contributed by atoms with E-state index in [-0.39, 0.29) is 5.83 Å². The fourth-order valence-electron chi connectivity index (χ4n) is 0.702. The van der Waals surface area contributed by atoms with Crippen molar-refractivity contribution >= 4 is 0 Å². The van der Waals surface area contributed by atoms with E-state index in [1.807, 2.05) is 19.9 Å². The van der Waals surface area contributed by atoms with Crippen molar-refractivity contribution in [3.8, 4) is 0 Å². The zero-order valence-corrected chi connectivity index (χ0v) is 7.45. The molecule has 0 heterocycles. The molecule has 0 aliphatic heterocycles. The van der Waals surface area contributed by atoms with Gasteiger partial charge in [0.1, 0.15) is 5.83 Å². The average molecular weight is 154 g/mol. The number of halogens is 1. The third kappa shape index (κ3) is 3.76. The summed E-state index contributed by atoms with van der Waals surface area (Å²) >= 11 is 0. The van der Waals surface area contributed by atoms with E-state index in [0.717, 1.165) is 6.42 Å². The summed E-state index contributed by atoms with van der Waals surface area (Å²) in [5.74, 6) is -0.238. The summed E-state index contributed by atoms with van der Waals surface area (Å²) < 4.78 is 12.7. The lowest BCUT2D eigenvalue weighted by molar-refractivity contribution is 0.658. The fraction of sp³-hybridized carbons (Fsp3) is 0.400. The number of hydrogen-bond donors (Lipinski definition) is 0. The molecular formula is C10H15F. The van der Waals surface area contributed by atoms with E-state index >= 15 is 0 Å². The van der Waals surface area contributed by atoms with Crippen LogP contribution in [0.25, 0.3) is 0 Å². The Kier molecular flexibility index (Phi) is 4.51. The molecule has 0 aromatic heterocycles. The maximum Gasteiger partial charge on any atom is 0.125 e. The van der Waals surface area contributed by atoms with E-state index in [2.05, 4.69) is 6.58 Å². The van der Waals surface area contributed by atoms with Gasteiger partial charge in [0.2, 0.25) is 0 Å². The molecule has 1 heteroatoms. The molecular weight excluding hydrogens is 139 g/mol. The van der Waals surface area contributed by atoms with E-state index in [1.54, 1.807) is 6.92 Å². The Hall–Kier alpha value is -0.850.